The van der Waals surface area contributed by atoms with Gasteiger partial charge in [-0.15, -0.1) is 24.0 Å². The number of ether oxygens (including phenoxy) is 1. The van der Waals surface area contributed by atoms with Gasteiger partial charge in [0.1, 0.15) is 5.75 Å². The lowest BCUT2D eigenvalue weighted by molar-refractivity contribution is 0.414. The SMILES string of the molecule is CCNC(=NCC1CCN(c2ccccc2OC)C1)NC(C)Cc1c(C)nn(C)c1C.I. The molecule has 0 amide bonds. The van der Waals surface area contributed by atoms with E-state index in [1.807, 2.05) is 23.9 Å². The van der Waals surface area contributed by atoms with E-state index in [-0.39, 0.29) is 30.0 Å². The van der Waals surface area contributed by atoms with Crippen molar-refractivity contribution >= 4 is 35.6 Å². The van der Waals surface area contributed by atoms with Crippen LogP contribution in [0.4, 0.5) is 5.69 Å². The Morgan fingerprint density at radius 1 is 1.31 bits per heavy atom. The highest BCUT2D eigenvalue weighted by Gasteiger charge is 2.24. The highest BCUT2D eigenvalue weighted by molar-refractivity contribution is 14.0. The summed E-state index contributed by atoms with van der Waals surface area (Å²) in [5.41, 5.74) is 4.84. The number of nitrogens with zero attached hydrogens (tertiary/aromatic N) is 4. The third kappa shape index (κ3) is 6.52. The van der Waals surface area contributed by atoms with Crippen molar-refractivity contribution in [1.29, 1.82) is 0 Å². The Balaban J connectivity index is 0.00000363. The summed E-state index contributed by atoms with van der Waals surface area (Å²) in [6.45, 7) is 12.2. The Morgan fingerprint density at radius 3 is 2.72 bits per heavy atom. The molecule has 1 aromatic carbocycles. The van der Waals surface area contributed by atoms with Gasteiger partial charge in [-0.25, -0.2) is 0 Å². The van der Waals surface area contributed by atoms with E-state index >= 15 is 0 Å². The van der Waals surface area contributed by atoms with Crippen LogP contribution in [0.5, 0.6) is 5.75 Å². The predicted octanol–water partition coefficient (Wildman–Crippen LogP) is 3.68. The van der Waals surface area contributed by atoms with E-state index in [0.29, 0.717) is 5.92 Å². The third-order valence-corrected chi connectivity index (χ3v) is 6.12. The second-order valence-corrected chi connectivity index (χ2v) is 8.51. The van der Waals surface area contributed by atoms with Gasteiger partial charge in [-0.1, -0.05) is 12.1 Å². The molecular weight excluding hydrogens is 515 g/mol. The fourth-order valence-corrected chi connectivity index (χ4v) is 4.34. The Morgan fingerprint density at radius 2 is 2.06 bits per heavy atom. The van der Waals surface area contributed by atoms with Gasteiger partial charge in [0.15, 0.2) is 5.96 Å². The van der Waals surface area contributed by atoms with E-state index < -0.39 is 0 Å². The lowest BCUT2D eigenvalue weighted by atomic mass is 10.1. The molecule has 1 fully saturated rings. The molecule has 7 nitrogen and oxygen atoms in total. The normalized spacial score (nSPS) is 17.1. The maximum absolute atomic E-state index is 5.54. The van der Waals surface area contributed by atoms with Crippen LogP contribution in [0.3, 0.4) is 0 Å². The number of aliphatic imine (C=N–C) groups is 1. The van der Waals surface area contributed by atoms with Gasteiger partial charge in [-0.2, -0.15) is 5.10 Å². The van der Waals surface area contributed by atoms with E-state index in [9.17, 15) is 0 Å². The molecule has 2 heterocycles. The molecule has 1 saturated heterocycles. The zero-order valence-electron chi connectivity index (χ0n) is 20.3. The summed E-state index contributed by atoms with van der Waals surface area (Å²) in [5.74, 6) is 2.37. The summed E-state index contributed by atoms with van der Waals surface area (Å²) >= 11 is 0. The summed E-state index contributed by atoms with van der Waals surface area (Å²) in [6, 6.07) is 8.53. The second-order valence-electron chi connectivity index (χ2n) is 8.51. The van der Waals surface area contributed by atoms with Crippen molar-refractivity contribution in [2.45, 2.75) is 46.6 Å². The van der Waals surface area contributed by atoms with Crippen molar-refractivity contribution in [2.75, 3.05) is 38.2 Å². The quantitative estimate of drug-likeness (QED) is 0.296. The minimum atomic E-state index is 0. The second kappa shape index (κ2) is 12.3. The lowest BCUT2D eigenvalue weighted by Crippen LogP contribution is -2.43. The zero-order chi connectivity index (χ0) is 22.4. The Hall–Kier alpha value is -1.97. The average molecular weight is 555 g/mol. The summed E-state index contributed by atoms with van der Waals surface area (Å²) in [5, 5.41) is 11.5. The molecule has 0 aliphatic carbocycles. The van der Waals surface area contributed by atoms with Crippen molar-refractivity contribution in [3.63, 3.8) is 0 Å². The topological polar surface area (TPSA) is 66.7 Å². The van der Waals surface area contributed by atoms with Gasteiger partial charge < -0.3 is 20.3 Å². The molecule has 8 heteroatoms. The number of halogens is 1. The molecule has 1 aromatic heterocycles. The van der Waals surface area contributed by atoms with Crippen LogP contribution >= 0.6 is 24.0 Å². The summed E-state index contributed by atoms with van der Waals surface area (Å²) in [7, 11) is 3.74. The Labute approximate surface area is 210 Å². The van der Waals surface area contributed by atoms with E-state index in [1.54, 1.807) is 7.11 Å². The van der Waals surface area contributed by atoms with Crippen LogP contribution in [0.25, 0.3) is 0 Å². The van der Waals surface area contributed by atoms with Crippen LogP contribution in [0.15, 0.2) is 29.3 Å². The van der Waals surface area contributed by atoms with Crippen LogP contribution in [-0.2, 0) is 13.5 Å². The summed E-state index contributed by atoms with van der Waals surface area (Å²) in [6.07, 6.45) is 2.07. The smallest absolute Gasteiger partial charge is 0.191 e. The number of anilines is 1. The van der Waals surface area contributed by atoms with Crippen LogP contribution in [-0.4, -0.2) is 55.1 Å². The molecule has 2 atom stereocenters. The molecule has 3 rings (SSSR count). The van der Waals surface area contributed by atoms with Gasteiger partial charge in [0.05, 0.1) is 18.5 Å². The molecule has 2 aromatic rings. The van der Waals surface area contributed by atoms with Gasteiger partial charge >= 0.3 is 0 Å². The predicted molar refractivity (Wildman–Crippen MR) is 144 cm³/mol. The fourth-order valence-electron chi connectivity index (χ4n) is 4.34. The first-order valence-corrected chi connectivity index (χ1v) is 11.3. The summed E-state index contributed by atoms with van der Waals surface area (Å²) < 4.78 is 7.50. The molecule has 2 N–H and O–H groups in total. The van der Waals surface area contributed by atoms with E-state index in [4.69, 9.17) is 9.73 Å². The first-order valence-electron chi connectivity index (χ1n) is 11.3. The van der Waals surface area contributed by atoms with Gasteiger partial charge in [0.2, 0.25) is 0 Å². The fraction of sp³-hybridized carbons (Fsp3) is 0.583. The maximum Gasteiger partial charge on any atom is 0.191 e. The van der Waals surface area contributed by atoms with Crippen molar-refractivity contribution < 1.29 is 4.74 Å². The van der Waals surface area contributed by atoms with Crippen LogP contribution in [0, 0.1) is 19.8 Å². The van der Waals surface area contributed by atoms with Gasteiger partial charge in [-0.05, 0) is 64.2 Å². The molecule has 0 bridgehead atoms. The zero-order valence-corrected chi connectivity index (χ0v) is 22.6. The number of methoxy groups -OCH3 is 1. The van der Waals surface area contributed by atoms with Crippen LogP contribution < -0.4 is 20.3 Å². The van der Waals surface area contributed by atoms with E-state index in [0.717, 1.165) is 56.4 Å². The van der Waals surface area contributed by atoms with Crippen LogP contribution in [0.2, 0.25) is 0 Å². The molecule has 2 unspecified atom stereocenters. The van der Waals surface area contributed by atoms with E-state index in [2.05, 4.69) is 60.5 Å². The highest BCUT2D eigenvalue weighted by Crippen LogP contribution is 2.32. The minimum absolute atomic E-state index is 0. The molecule has 0 radical (unpaired) electrons. The molecule has 1 aliphatic heterocycles. The minimum Gasteiger partial charge on any atom is -0.495 e. The van der Waals surface area contributed by atoms with Crippen molar-refractivity contribution in [3.05, 3.63) is 41.2 Å². The first-order chi connectivity index (χ1) is 14.9. The highest BCUT2D eigenvalue weighted by atomic mass is 127. The maximum atomic E-state index is 5.54. The average Bonchev–Trinajstić information content (AvgIpc) is 3.32. The van der Waals surface area contributed by atoms with Crippen molar-refractivity contribution in [2.24, 2.45) is 18.0 Å². The third-order valence-electron chi connectivity index (χ3n) is 6.12. The number of aryl methyl sites for hydroxylation is 2. The molecular formula is C24H39IN6O. The summed E-state index contributed by atoms with van der Waals surface area (Å²) in [4.78, 5) is 7.33. The molecule has 178 valence electrons. The molecule has 32 heavy (non-hydrogen) atoms. The number of guanidine groups is 1. The number of hydrogen-bond acceptors (Lipinski definition) is 4. The standard InChI is InChI=1S/C24H38N6O.HI/c1-7-25-24(27-17(2)14-21-18(3)28-29(5)19(21)4)26-15-20-12-13-30(16-20)22-10-8-9-11-23(22)31-6;/h8-11,17,20H,7,12-16H2,1-6H3,(H2,25,26,27);1H. The number of rotatable bonds is 8. The monoisotopic (exact) mass is 554 g/mol. The van der Waals surface area contributed by atoms with Gasteiger partial charge in [0, 0.05) is 45.0 Å². The van der Waals surface area contributed by atoms with E-state index in [1.165, 1.54) is 16.9 Å². The van der Waals surface area contributed by atoms with Gasteiger partial charge in [0.25, 0.3) is 0 Å². The number of para-hydroxylation sites is 2. The number of hydrogen-bond donors (Lipinski definition) is 2. The number of benzene rings is 1. The Kier molecular flexibility index (Phi) is 10.1. The van der Waals surface area contributed by atoms with Gasteiger partial charge in [-0.3, -0.25) is 9.67 Å². The van der Waals surface area contributed by atoms with Crippen LogP contribution in [0.1, 0.15) is 37.2 Å². The first kappa shape index (κ1) is 26.3. The lowest BCUT2D eigenvalue weighted by Gasteiger charge is -2.21. The molecule has 0 spiro atoms. The van der Waals surface area contributed by atoms with Crippen molar-refractivity contribution in [1.82, 2.24) is 20.4 Å². The Bertz CT molecular complexity index is 897. The van der Waals surface area contributed by atoms with Crippen molar-refractivity contribution in [3.8, 4) is 5.75 Å². The number of aromatic nitrogens is 2. The number of nitrogens with one attached hydrogen (secondary N) is 2. The molecule has 1 aliphatic rings. The molecule has 0 saturated carbocycles. The largest absolute Gasteiger partial charge is 0.495 e.